The van der Waals surface area contributed by atoms with Gasteiger partial charge in [0.05, 0.1) is 0 Å². The molecule has 2 atom stereocenters. The molecule has 6 heteroatoms. The van der Waals surface area contributed by atoms with Gasteiger partial charge < -0.3 is 15.6 Å². The first-order valence-electron chi connectivity index (χ1n) is 6.12. The molecule has 0 bridgehead atoms. The fourth-order valence-electron chi connectivity index (χ4n) is 2.27. The molecule has 0 aliphatic carbocycles. The van der Waals surface area contributed by atoms with E-state index in [9.17, 15) is 14.7 Å². The van der Waals surface area contributed by atoms with Crippen LogP contribution in [0.3, 0.4) is 0 Å². The first-order chi connectivity index (χ1) is 8.12. The van der Waals surface area contributed by atoms with Crippen molar-refractivity contribution in [3.8, 4) is 0 Å². The number of likely N-dealkylation sites (tertiary alicyclic amines) is 1. The number of carbonyl (C=O) groups excluding carboxylic acids is 1. The molecule has 1 rings (SSSR count). The van der Waals surface area contributed by atoms with Gasteiger partial charge >= 0.3 is 12.1 Å². The van der Waals surface area contributed by atoms with Crippen molar-refractivity contribution in [1.82, 2.24) is 4.90 Å². The van der Waals surface area contributed by atoms with Gasteiger partial charge in [-0.25, -0.2) is 9.59 Å². The standard InChI is InChI=1S/C12H22N2O4/c1-5-12(9(15)16)6-8(13)7-14(12)10(17)18-11(2,3)4/h8H,5-7,13H2,1-4H3,(H,15,16)/t8-,12+/m1/s1. The molecule has 0 spiro atoms. The van der Waals surface area contributed by atoms with E-state index in [1.54, 1.807) is 27.7 Å². The smallest absolute Gasteiger partial charge is 0.411 e. The van der Waals surface area contributed by atoms with Gasteiger partial charge in [-0.3, -0.25) is 4.90 Å². The molecular formula is C12H22N2O4. The fourth-order valence-corrected chi connectivity index (χ4v) is 2.27. The third kappa shape index (κ3) is 2.75. The third-order valence-corrected chi connectivity index (χ3v) is 3.13. The van der Waals surface area contributed by atoms with Crippen LogP contribution < -0.4 is 5.73 Å². The molecule has 3 N–H and O–H groups in total. The van der Waals surface area contributed by atoms with Crippen LogP contribution in [0.4, 0.5) is 4.79 Å². The van der Waals surface area contributed by atoms with Crippen LogP contribution in [0.5, 0.6) is 0 Å². The summed E-state index contributed by atoms with van der Waals surface area (Å²) in [5.41, 5.74) is 3.92. The van der Waals surface area contributed by atoms with Crippen molar-refractivity contribution < 1.29 is 19.4 Å². The van der Waals surface area contributed by atoms with Gasteiger partial charge in [-0.2, -0.15) is 0 Å². The zero-order chi connectivity index (χ0) is 14.1. The van der Waals surface area contributed by atoms with Crippen LogP contribution in [0.1, 0.15) is 40.5 Å². The van der Waals surface area contributed by atoms with Gasteiger partial charge in [0.1, 0.15) is 11.1 Å². The molecule has 0 unspecified atom stereocenters. The number of hydrogen-bond donors (Lipinski definition) is 2. The number of carboxylic acid groups (broad SMARTS) is 1. The lowest BCUT2D eigenvalue weighted by atomic mass is 9.92. The highest BCUT2D eigenvalue weighted by Gasteiger charge is 2.52. The van der Waals surface area contributed by atoms with E-state index in [1.165, 1.54) is 4.90 Å². The van der Waals surface area contributed by atoms with Crippen molar-refractivity contribution in [2.45, 2.75) is 57.7 Å². The predicted molar refractivity (Wildman–Crippen MR) is 66.2 cm³/mol. The molecular weight excluding hydrogens is 236 g/mol. The van der Waals surface area contributed by atoms with Crippen molar-refractivity contribution in [1.29, 1.82) is 0 Å². The van der Waals surface area contributed by atoms with Gasteiger partial charge in [-0.1, -0.05) is 6.92 Å². The van der Waals surface area contributed by atoms with Gasteiger partial charge in [0.25, 0.3) is 0 Å². The van der Waals surface area contributed by atoms with Crippen LogP contribution in [-0.2, 0) is 9.53 Å². The first-order valence-corrected chi connectivity index (χ1v) is 6.12. The van der Waals surface area contributed by atoms with Crippen molar-refractivity contribution in [3.63, 3.8) is 0 Å². The van der Waals surface area contributed by atoms with Gasteiger partial charge in [-0.05, 0) is 33.6 Å². The maximum atomic E-state index is 12.1. The second kappa shape index (κ2) is 4.76. The maximum absolute atomic E-state index is 12.1. The molecule has 0 aromatic carbocycles. The second-order valence-corrected chi connectivity index (χ2v) is 5.75. The van der Waals surface area contributed by atoms with E-state index in [0.717, 1.165) is 0 Å². The van der Waals surface area contributed by atoms with Crippen molar-refractivity contribution >= 4 is 12.1 Å². The average molecular weight is 258 g/mol. The molecule has 1 aliphatic rings. The molecule has 0 saturated carbocycles. The Morgan fingerprint density at radius 2 is 2.06 bits per heavy atom. The highest BCUT2D eigenvalue weighted by Crippen LogP contribution is 2.33. The Morgan fingerprint density at radius 3 is 2.44 bits per heavy atom. The van der Waals surface area contributed by atoms with Crippen LogP contribution in [0, 0.1) is 0 Å². The fraction of sp³-hybridized carbons (Fsp3) is 0.833. The Balaban J connectivity index is 2.98. The number of ether oxygens (including phenoxy) is 1. The summed E-state index contributed by atoms with van der Waals surface area (Å²) < 4.78 is 5.25. The van der Waals surface area contributed by atoms with Gasteiger partial charge in [0.15, 0.2) is 0 Å². The Kier molecular flexibility index (Phi) is 3.90. The SMILES string of the molecule is CC[C@@]1(C(=O)O)C[C@@H](N)CN1C(=O)OC(C)(C)C. The molecule has 0 aromatic rings. The normalized spacial score (nSPS) is 28.3. The van der Waals surface area contributed by atoms with Gasteiger partial charge in [-0.15, -0.1) is 0 Å². The van der Waals surface area contributed by atoms with Crippen molar-refractivity contribution in [3.05, 3.63) is 0 Å². The highest BCUT2D eigenvalue weighted by atomic mass is 16.6. The van der Waals surface area contributed by atoms with Crippen LogP contribution in [-0.4, -0.2) is 45.8 Å². The molecule has 1 heterocycles. The second-order valence-electron chi connectivity index (χ2n) is 5.75. The number of hydrogen-bond acceptors (Lipinski definition) is 4. The van der Waals surface area contributed by atoms with E-state index >= 15 is 0 Å². The summed E-state index contributed by atoms with van der Waals surface area (Å²) in [6, 6.07) is -0.325. The lowest BCUT2D eigenvalue weighted by Gasteiger charge is -2.34. The summed E-state index contributed by atoms with van der Waals surface area (Å²) >= 11 is 0. The number of carbonyl (C=O) groups is 2. The number of amides is 1. The minimum absolute atomic E-state index is 0.217. The quantitative estimate of drug-likeness (QED) is 0.776. The Morgan fingerprint density at radius 1 is 1.50 bits per heavy atom. The maximum Gasteiger partial charge on any atom is 0.411 e. The third-order valence-electron chi connectivity index (χ3n) is 3.13. The Labute approximate surface area is 107 Å². The van der Waals surface area contributed by atoms with E-state index in [4.69, 9.17) is 10.5 Å². The highest BCUT2D eigenvalue weighted by molar-refractivity contribution is 5.85. The van der Waals surface area contributed by atoms with E-state index in [0.29, 0.717) is 6.42 Å². The molecule has 1 saturated heterocycles. The largest absolute Gasteiger partial charge is 0.479 e. The molecule has 1 amide bonds. The minimum Gasteiger partial charge on any atom is -0.479 e. The summed E-state index contributed by atoms with van der Waals surface area (Å²) in [5.74, 6) is -1.02. The minimum atomic E-state index is -1.23. The molecule has 6 nitrogen and oxygen atoms in total. The van der Waals surface area contributed by atoms with Crippen LogP contribution in [0.2, 0.25) is 0 Å². The van der Waals surface area contributed by atoms with Crippen LogP contribution >= 0.6 is 0 Å². The Hall–Kier alpha value is -1.30. The first kappa shape index (κ1) is 14.8. The Bertz CT molecular complexity index is 350. The summed E-state index contributed by atoms with van der Waals surface area (Å²) in [5, 5.41) is 9.39. The number of nitrogens with two attached hydrogens (primary N) is 1. The molecule has 104 valence electrons. The lowest BCUT2D eigenvalue weighted by Crippen LogP contribution is -2.53. The van der Waals surface area contributed by atoms with Gasteiger partial charge in [0, 0.05) is 12.6 Å². The number of aliphatic carboxylic acids is 1. The summed E-state index contributed by atoms with van der Waals surface area (Å²) in [6.07, 6.45) is -0.0347. The van der Waals surface area contributed by atoms with Crippen LogP contribution in [0.15, 0.2) is 0 Å². The van der Waals surface area contributed by atoms with Crippen molar-refractivity contribution in [2.24, 2.45) is 5.73 Å². The lowest BCUT2D eigenvalue weighted by molar-refractivity contribution is -0.149. The van der Waals surface area contributed by atoms with E-state index < -0.39 is 23.2 Å². The monoisotopic (exact) mass is 258 g/mol. The topological polar surface area (TPSA) is 92.9 Å². The van der Waals surface area contributed by atoms with E-state index in [1.807, 2.05) is 0 Å². The zero-order valence-electron chi connectivity index (χ0n) is 11.4. The zero-order valence-corrected chi connectivity index (χ0v) is 11.4. The number of rotatable bonds is 2. The summed E-state index contributed by atoms with van der Waals surface area (Å²) in [4.78, 5) is 24.8. The van der Waals surface area contributed by atoms with Crippen molar-refractivity contribution in [2.75, 3.05) is 6.54 Å². The van der Waals surface area contributed by atoms with E-state index in [-0.39, 0.29) is 19.0 Å². The molecule has 0 radical (unpaired) electrons. The summed E-state index contributed by atoms with van der Waals surface area (Å²) in [7, 11) is 0. The summed E-state index contributed by atoms with van der Waals surface area (Å²) in [6.45, 7) is 7.19. The van der Waals surface area contributed by atoms with Gasteiger partial charge in [0.2, 0.25) is 0 Å². The molecule has 0 aromatic heterocycles. The predicted octanol–water partition coefficient (Wildman–Crippen LogP) is 1.19. The number of carboxylic acids is 1. The average Bonchev–Trinajstić information content (AvgIpc) is 2.54. The molecule has 1 fully saturated rings. The van der Waals surface area contributed by atoms with Crippen LogP contribution in [0.25, 0.3) is 0 Å². The molecule has 18 heavy (non-hydrogen) atoms. The molecule has 1 aliphatic heterocycles. The number of nitrogens with zero attached hydrogens (tertiary/aromatic N) is 1. The van der Waals surface area contributed by atoms with E-state index in [2.05, 4.69) is 0 Å².